The lowest BCUT2D eigenvalue weighted by molar-refractivity contribution is 0.487. The first kappa shape index (κ1) is 19.9. The van der Waals surface area contributed by atoms with Gasteiger partial charge in [-0.15, -0.1) is 0 Å². The lowest BCUT2D eigenvalue weighted by Crippen LogP contribution is -2.15. The highest BCUT2D eigenvalue weighted by Crippen LogP contribution is 2.53. The van der Waals surface area contributed by atoms with E-state index in [0.717, 1.165) is 17.1 Å². The Bertz CT molecular complexity index is 1890. The maximum Gasteiger partial charge on any atom is 0.136 e. The summed E-state index contributed by atoms with van der Waals surface area (Å²) in [5.41, 5.74) is 10.3. The monoisotopic (exact) mass is 460 g/mol. The van der Waals surface area contributed by atoms with Crippen LogP contribution in [0.4, 0.5) is 0 Å². The van der Waals surface area contributed by atoms with Crippen LogP contribution in [-0.2, 0) is 5.41 Å². The van der Waals surface area contributed by atoms with Crippen molar-refractivity contribution in [3.63, 3.8) is 0 Å². The third-order valence-corrected chi connectivity index (χ3v) is 8.24. The van der Waals surface area contributed by atoms with E-state index in [1.807, 2.05) is 6.07 Å². The molecule has 0 spiro atoms. The minimum Gasteiger partial charge on any atom is -0.456 e. The Kier molecular flexibility index (Phi) is 3.79. The number of ether oxygens (including phenoxy) is 1. The van der Waals surface area contributed by atoms with Crippen LogP contribution in [0.25, 0.3) is 54.9 Å². The predicted octanol–water partition coefficient (Wildman–Crippen LogP) is 9.74. The van der Waals surface area contributed by atoms with E-state index in [4.69, 9.17) is 4.74 Å². The Morgan fingerprint density at radius 2 is 1.33 bits per heavy atom. The van der Waals surface area contributed by atoms with Gasteiger partial charge in [-0.05, 0) is 79.4 Å². The molecule has 170 valence electrons. The molecule has 0 N–H and O–H groups in total. The van der Waals surface area contributed by atoms with Gasteiger partial charge >= 0.3 is 0 Å². The van der Waals surface area contributed by atoms with E-state index in [1.165, 1.54) is 60.5 Å². The molecule has 36 heavy (non-hydrogen) atoms. The zero-order chi connectivity index (χ0) is 24.0. The molecule has 0 aromatic heterocycles. The summed E-state index contributed by atoms with van der Waals surface area (Å²) < 4.78 is 6.44. The first-order chi connectivity index (χ1) is 17.6. The largest absolute Gasteiger partial charge is 0.456 e. The minimum atomic E-state index is -0.0571. The molecule has 0 saturated carbocycles. The highest BCUT2D eigenvalue weighted by molar-refractivity contribution is 6.06. The Labute approximate surface area is 210 Å². The number of fused-ring (bicyclic) bond motifs is 7. The van der Waals surface area contributed by atoms with Gasteiger partial charge in [0.15, 0.2) is 0 Å². The van der Waals surface area contributed by atoms with E-state index >= 15 is 0 Å². The molecular weight excluding hydrogens is 436 g/mol. The molecule has 0 fully saturated rings. The van der Waals surface area contributed by atoms with E-state index in [1.54, 1.807) is 0 Å². The molecule has 0 saturated heterocycles. The smallest absolute Gasteiger partial charge is 0.136 e. The number of hydrogen-bond acceptors (Lipinski definition) is 1. The highest BCUT2D eigenvalue weighted by atomic mass is 16.5. The normalized spacial score (nSPS) is 14.3. The molecule has 2 aliphatic rings. The van der Waals surface area contributed by atoms with E-state index in [2.05, 4.69) is 117 Å². The summed E-state index contributed by atoms with van der Waals surface area (Å²) in [6, 6.07) is 39.7. The van der Waals surface area contributed by atoms with Crippen molar-refractivity contribution in [2.24, 2.45) is 0 Å². The van der Waals surface area contributed by atoms with Crippen molar-refractivity contribution in [1.82, 2.24) is 0 Å². The Morgan fingerprint density at radius 1 is 0.528 bits per heavy atom. The summed E-state index contributed by atoms with van der Waals surface area (Å²) in [5, 5.41) is 5.04. The molecule has 6 aromatic carbocycles. The van der Waals surface area contributed by atoms with Crippen LogP contribution in [0.2, 0.25) is 0 Å². The molecule has 0 amide bonds. The Morgan fingerprint density at radius 3 is 2.28 bits per heavy atom. The molecule has 0 bridgehead atoms. The molecule has 1 aliphatic carbocycles. The van der Waals surface area contributed by atoms with Crippen molar-refractivity contribution >= 4 is 21.5 Å². The van der Waals surface area contributed by atoms with Crippen LogP contribution in [0.5, 0.6) is 11.5 Å². The van der Waals surface area contributed by atoms with Crippen LogP contribution in [0.3, 0.4) is 0 Å². The predicted molar refractivity (Wildman–Crippen MR) is 150 cm³/mol. The summed E-state index contributed by atoms with van der Waals surface area (Å²) in [5.74, 6) is 1.86. The number of benzene rings is 6. The van der Waals surface area contributed by atoms with Crippen LogP contribution < -0.4 is 4.74 Å². The first-order valence-corrected chi connectivity index (χ1v) is 12.6. The van der Waals surface area contributed by atoms with Gasteiger partial charge in [0.2, 0.25) is 0 Å². The number of hydrogen-bond donors (Lipinski definition) is 0. The van der Waals surface area contributed by atoms with Crippen molar-refractivity contribution in [3.8, 4) is 44.9 Å². The first-order valence-electron chi connectivity index (χ1n) is 12.6. The minimum absolute atomic E-state index is 0.0571. The van der Waals surface area contributed by atoms with Gasteiger partial charge < -0.3 is 4.74 Å². The van der Waals surface area contributed by atoms with Gasteiger partial charge in [-0.3, -0.25) is 0 Å². The third-order valence-electron chi connectivity index (χ3n) is 8.24. The summed E-state index contributed by atoms with van der Waals surface area (Å²) in [6.45, 7) is 4.71. The fourth-order valence-electron chi connectivity index (χ4n) is 6.44. The van der Waals surface area contributed by atoms with Crippen molar-refractivity contribution in [2.45, 2.75) is 19.3 Å². The van der Waals surface area contributed by atoms with Crippen LogP contribution in [0.1, 0.15) is 25.0 Å². The summed E-state index contributed by atoms with van der Waals surface area (Å²) in [6.07, 6.45) is 0. The second-order valence-corrected chi connectivity index (χ2v) is 10.6. The van der Waals surface area contributed by atoms with Gasteiger partial charge in [0.05, 0.1) is 0 Å². The topological polar surface area (TPSA) is 9.23 Å². The maximum absolute atomic E-state index is 6.44. The third kappa shape index (κ3) is 2.55. The Hall–Kier alpha value is -4.36. The van der Waals surface area contributed by atoms with E-state index < -0.39 is 0 Å². The SMILES string of the molecule is CC1(C)c2cc(-c3cc4c5c(cccc5c3)-c3ccccc3O4)ccc2-c2c1ccc1ccccc21. The molecule has 1 aliphatic heterocycles. The molecule has 1 nitrogen and oxygen atoms in total. The second-order valence-electron chi connectivity index (χ2n) is 10.6. The van der Waals surface area contributed by atoms with E-state index in [-0.39, 0.29) is 5.41 Å². The van der Waals surface area contributed by atoms with E-state index in [0.29, 0.717) is 0 Å². The molecule has 8 rings (SSSR count). The molecular formula is C35H24O. The Balaban J connectivity index is 1.34. The van der Waals surface area contributed by atoms with Gasteiger partial charge in [-0.2, -0.15) is 0 Å². The fourth-order valence-corrected chi connectivity index (χ4v) is 6.44. The number of rotatable bonds is 1. The zero-order valence-electron chi connectivity index (χ0n) is 20.3. The highest BCUT2D eigenvalue weighted by Gasteiger charge is 2.36. The quantitative estimate of drug-likeness (QED) is 0.237. The van der Waals surface area contributed by atoms with Gasteiger partial charge in [0, 0.05) is 16.4 Å². The lowest BCUT2D eigenvalue weighted by Gasteiger charge is -2.23. The van der Waals surface area contributed by atoms with Gasteiger partial charge in [-0.25, -0.2) is 0 Å². The molecule has 1 heterocycles. The molecule has 0 unspecified atom stereocenters. The van der Waals surface area contributed by atoms with Gasteiger partial charge in [-0.1, -0.05) is 98.8 Å². The standard InChI is InChI=1S/C35H24O/c1-35(2)29-17-15-21-8-3-4-10-25(21)34(29)28-16-14-22(19-30(28)35)24-18-23-9-7-12-27-26-11-5-6-13-31(26)36-32(20-24)33(23)27/h3-20H,1-2H3. The summed E-state index contributed by atoms with van der Waals surface area (Å²) >= 11 is 0. The van der Waals surface area contributed by atoms with Crippen molar-refractivity contribution < 1.29 is 4.74 Å². The second kappa shape index (κ2) is 6.86. The zero-order valence-corrected chi connectivity index (χ0v) is 20.3. The van der Waals surface area contributed by atoms with E-state index in [9.17, 15) is 0 Å². The van der Waals surface area contributed by atoms with Crippen LogP contribution >= 0.6 is 0 Å². The van der Waals surface area contributed by atoms with Crippen LogP contribution in [0, 0.1) is 0 Å². The van der Waals surface area contributed by atoms with Gasteiger partial charge in [0.25, 0.3) is 0 Å². The molecule has 0 radical (unpaired) electrons. The maximum atomic E-state index is 6.44. The van der Waals surface area contributed by atoms with Crippen molar-refractivity contribution in [3.05, 3.63) is 120 Å². The average molecular weight is 461 g/mol. The molecule has 0 atom stereocenters. The summed E-state index contributed by atoms with van der Waals surface area (Å²) in [4.78, 5) is 0. The van der Waals surface area contributed by atoms with Gasteiger partial charge in [0.1, 0.15) is 11.5 Å². The molecule has 1 heteroatoms. The lowest BCUT2D eigenvalue weighted by atomic mass is 9.81. The van der Waals surface area contributed by atoms with Crippen molar-refractivity contribution in [1.29, 1.82) is 0 Å². The fraction of sp³-hybridized carbons (Fsp3) is 0.0857. The van der Waals surface area contributed by atoms with Crippen molar-refractivity contribution in [2.75, 3.05) is 0 Å². The average Bonchev–Trinajstić information content (AvgIpc) is 3.15. The van der Waals surface area contributed by atoms with Crippen LogP contribution in [0.15, 0.2) is 109 Å². The summed E-state index contributed by atoms with van der Waals surface area (Å²) in [7, 11) is 0. The molecule has 6 aromatic rings. The number of para-hydroxylation sites is 1. The van der Waals surface area contributed by atoms with Crippen LogP contribution in [-0.4, -0.2) is 0 Å².